The Morgan fingerprint density at radius 2 is 1.70 bits per heavy atom. The van der Waals surface area contributed by atoms with E-state index in [2.05, 4.69) is 42.5 Å². The molecule has 1 aromatic heterocycles. The van der Waals surface area contributed by atoms with Gasteiger partial charge < -0.3 is 19.5 Å². The van der Waals surface area contributed by atoms with E-state index in [0.717, 1.165) is 50.4 Å². The number of aromatic nitrogens is 3. The number of halogens is 1. The van der Waals surface area contributed by atoms with Gasteiger partial charge in [-0.05, 0) is 77.5 Å². The monoisotopic (exact) mass is 797 g/mol. The minimum absolute atomic E-state index is 0.00265. The number of amides is 2. The van der Waals surface area contributed by atoms with Gasteiger partial charge in [-0.3, -0.25) is 19.2 Å². The van der Waals surface area contributed by atoms with Crippen molar-refractivity contribution in [3.63, 3.8) is 0 Å². The molecule has 57 heavy (non-hydrogen) atoms. The number of anilines is 3. The summed E-state index contributed by atoms with van der Waals surface area (Å²) >= 11 is 6.74. The third-order valence-electron chi connectivity index (χ3n) is 12.5. The van der Waals surface area contributed by atoms with Crippen molar-refractivity contribution in [2.75, 3.05) is 23.5 Å². The zero-order chi connectivity index (χ0) is 39.6. The van der Waals surface area contributed by atoms with Crippen LogP contribution in [0.5, 0.6) is 5.75 Å². The van der Waals surface area contributed by atoms with Crippen LogP contribution in [-0.4, -0.2) is 59.8 Å². The van der Waals surface area contributed by atoms with Gasteiger partial charge in [0.2, 0.25) is 0 Å². The summed E-state index contributed by atoms with van der Waals surface area (Å²) in [6.45, 7) is 7.76. The van der Waals surface area contributed by atoms with Crippen LogP contribution in [0.4, 0.5) is 17.1 Å². The summed E-state index contributed by atoms with van der Waals surface area (Å²) in [5.74, 6) is 0.440. The topological polar surface area (TPSA) is 110 Å². The van der Waals surface area contributed by atoms with E-state index in [1.54, 1.807) is 16.7 Å². The zero-order valence-electron chi connectivity index (χ0n) is 32.4. The normalized spacial score (nSPS) is 21.3. The maximum atomic E-state index is 15.3. The Balaban J connectivity index is 1.05. The molecule has 290 valence electrons. The van der Waals surface area contributed by atoms with Crippen molar-refractivity contribution in [3.05, 3.63) is 137 Å². The van der Waals surface area contributed by atoms with Gasteiger partial charge in [-0.25, -0.2) is 0 Å². The van der Waals surface area contributed by atoms with Crippen LogP contribution in [0.2, 0.25) is 23.7 Å². The number of aliphatic hydroxyl groups excluding tert-OH is 1. The Kier molecular flexibility index (Phi) is 9.31. The summed E-state index contributed by atoms with van der Waals surface area (Å²) in [6, 6.07) is 33.7. The van der Waals surface area contributed by atoms with E-state index in [1.807, 2.05) is 102 Å². The molecule has 1 N–H and O–H groups in total. The third kappa shape index (κ3) is 5.98. The molecule has 3 aliphatic heterocycles. The Labute approximate surface area is 337 Å². The average Bonchev–Trinajstić information content (AvgIpc) is 3.94. The Morgan fingerprint density at radius 1 is 0.947 bits per heavy atom. The fourth-order valence-electron chi connectivity index (χ4n) is 9.75. The molecule has 0 aliphatic carbocycles. The summed E-state index contributed by atoms with van der Waals surface area (Å²) in [6.07, 6.45) is 2.64. The highest BCUT2D eigenvalue weighted by Gasteiger charge is 2.66. The molecule has 1 spiro atoms. The minimum Gasteiger partial charge on any atom is -0.497 e. The van der Waals surface area contributed by atoms with Crippen LogP contribution in [0.15, 0.2) is 109 Å². The predicted octanol–water partition coefficient (Wildman–Crippen LogP) is 7.77. The van der Waals surface area contributed by atoms with Crippen LogP contribution in [0.25, 0.3) is 10.8 Å². The molecular weight excluding hydrogens is 754 g/mol. The molecule has 10 nitrogen and oxygen atoms in total. The zero-order valence-corrected chi connectivity index (χ0v) is 34.1. The molecule has 0 unspecified atom stereocenters. The molecule has 1 fully saturated rings. The molecule has 6 aromatic rings. The summed E-state index contributed by atoms with van der Waals surface area (Å²) in [7, 11) is -0.699. The van der Waals surface area contributed by atoms with Crippen molar-refractivity contribution in [3.8, 4) is 5.75 Å². The lowest BCUT2D eigenvalue weighted by molar-refractivity contribution is -0.146. The summed E-state index contributed by atoms with van der Waals surface area (Å²) in [4.78, 5) is 32.6. The van der Waals surface area contributed by atoms with Crippen molar-refractivity contribution >= 4 is 64.5 Å². The first kappa shape index (κ1) is 37.3. The van der Waals surface area contributed by atoms with Crippen molar-refractivity contribution in [2.45, 2.75) is 63.2 Å². The average molecular weight is 798 g/mol. The van der Waals surface area contributed by atoms with Crippen molar-refractivity contribution in [2.24, 2.45) is 5.92 Å². The third-order valence-corrected chi connectivity index (χ3v) is 17.1. The number of ether oxygens (including phenoxy) is 2. The molecule has 2 amide bonds. The van der Waals surface area contributed by atoms with Gasteiger partial charge in [-0.15, -0.1) is 5.10 Å². The number of hydrogen-bond acceptors (Lipinski definition) is 7. The first-order valence-corrected chi connectivity index (χ1v) is 22.9. The molecule has 4 atom stereocenters. The highest BCUT2D eigenvalue weighted by Crippen LogP contribution is 2.60. The summed E-state index contributed by atoms with van der Waals surface area (Å²) in [5.41, 5.74) is 4.33. The molecule has 1 saturated heterocycles. The second-order valence-corrected chi connectivity index (χ2v) is 21.1. The largest absolute Gasteiger partial charge is 0.497 e. The number of aliphatic hydroxyl groups is 1. The van der Waals surface area contributed by atoms with Gasteiger partial charge >= 0.3 is 0 Å². The second kappa shape index (κ2) is 14.2. The van der Waals surface area contributed by atoms with E-state index in [1.165, 1.54) is 5.19 Å². The van der Waals surface area contributed by atoms with E-state index < -0.39 is 13.7 Å². The first-order valence-electron chi connectivity index (χ1n) is 19.4. The fourth-order valence-corrected chi connectivity index (χ4v) is 14.0. The number of benzene rings is 5. The first-order chi connectivity index (χ1) is 27.5. The molecular formula is C45H44ClN5O5Si. The standard InChI is InChI=1S/C45H44ClN5O5Si/c1-28-42(57(3,4)35-18-16-34(55-2)17-19-35)40(21-23-49-27-32(22-24-52)47-48-49)56-45(28)37-25-31(46)13-20-38(37)50(44(45)54)26-29-11-14-33(15-12-29)51-39-10-6-8-30-7-5-9-36(41(30)39)43(51)53/h5-20,25,27-28,40,42,52H,21-24,26H2,1-4H3/t28-,40+,42-,45+/m0/s1. The Morgan fingerprint density at radius 3 is 2.44 bits per heavy atom. The Bertz CT molecular complexity index is 2520. The quantitative estimate of drug-likeness (QED) is 0.134. The molecule has 4 heterocycles. The molecule has 0 bridgehead atoms. The van der Waals surface area contributed by atoms with Crippen molar-refractivity contribution in [1.29, 1.82) is 0 Å². The second-order valence-electron chi connectivity index (χ2n) is 15.9. The van der Waals surface area contributed by atoms with Gasteiger partial charge in [-0.1, -0.05) is 90.5 Å². The van der Waals surface area contributed by atoms with Crippen LogP contribution in [-0.2, 0) is 34.6 Å². The van der Waals surface area contributed by atoms with Gasteiger partial charge in [0.1, 0.15) is 5.75 Å². The van der Waals surface area contributed by atoms with Gasteiger partial charge in [0.15, 0.2) is 5.60 Å². The smallest absolute Gasteiger partial charge is 0.264 e. The van der Waals surface area contributed by atoms with Gasteiger partial charge in [0, 0.05) is 53.3 Å². The van der Waals surface area contributed by atoms with Crippen LogP contribution in [0.1, 0.15) is 40.5 Å². The molecule has 0 radical (unpaired) electrons. The lowest BCUT2D eigenvalue weighted by Crippen LogP contribution is -2.51. The van der Waals surface area contributed by atoms with Crippen molar-refractivity contribution < 1.29 is 24.2 Å². The number of rotatable bonds is 11. The maximum Gasteiger partial charge on any atom is 0.264 e. The SMILES string of the molecule is COc1ccc([Si](C)(C)[C@@H]2[C@@H](CCn3cc(CCO)nn3)O[C@]3(C(=O)N(Cc4ccc(N5C(=O)c6cccc7cccc5c67)cc4)c4ccc(Cl)cc43)[C@H]2C)cc1. The number of hydrogen-bond donors (Lipinski definition) is 1. The summed E-state index contributed by atoms with van der Waals surface area (Å²) < 4.78 is 14.6. The van der Waals surface area contributed by atoms with E-state index >= 15 is 4.79 Å². The lowest BCUT2D eigenvalue weighted by atomic mass is 9.82. The highest BCUT2D eigenvalue weighted by molar-refractivity contribution is 6.91. The summed E-state index contributed by atoms with van der Waals surface area (Å²) in [5, 5.41) is 21.8. The van der Waals surface area contributed by atoms with Crippen LogP contribution < -0.4 is 19.7 Å². The number of nitrogens with zero attached hydrogens (tertiary/aromatic N) is 5. The van der Waals surface area contributed by atoms with Gasteiger partial charge in [0.25, 0.3) is 11.8 Å². The maximum absolute atomic E-state index is 15.3. The molecule has 12 heteroatoms. The van der Waals surface area contributed by atoms with Crippen LogP contribution >= 0.6 is 11.6 Å². The predicted molar refractivity (Wildman–Crippen MR) is 225 cm³/mol. The number of aryl methyl sites for hydroxylation is 1. The van der Waals surface area contributed by atoms with E-state index in [0.29, 0.717) is 36.5 Å². The van der Waals surface area contributed by atoms with E-state index in [-0.39, 0.29) is 36.0 Å². The molecule has 0 saturated carbocycles. The van der Waals surface area contributed by atoms with Crippen molar-refractivity contribution in [1.82, 2.24) is 15.0 Å². The van der Waals surface area contributed by atoms with Gasteiger partial charge in [-0.2, -0.15) is 0 Å². The Hall–Kier alpha value is -5.33. The molecule has 5 aromatic carbocycles. The molecule has 9 rings (SSSR count). The van der Waals surface area contributed by atoms with Crippen LogP contribution in [0, 0.1) is 5.92 Å². The fraction of sp³-hybridized carbons (Fsp3) is 0.289. The minimum atomic E-state index is -2.37. The number of carbonyl (C=O) groups is 2. The number of fused-ring (bicyclic) bond motifs is 2. The van der Waals surface area contributed by atoms with E-state index in [9.17, 15) is 9.90 Å². The molecule has 3 aliphatic rings. The highest BCUT2D eigenvalue weighted by atomic mass is 35.5. The number of carbonyl (C=O) groups excluding carboxylic acids is 2. The van der Waals surface area contributed by atoms with E-state index in [4.69, 9.17) is 21.1 Å². The van der Waals surface area contributed by atoms with Crippen LogP contribution in [0.3, 0.4) is 0 Å². The van der Waals surface area contributed by atoms with Gasteiger partial charge in [0.05, 0.1) is 50.5 Å². The lowest BCUT2D eigenvalue weighted by Gasteiger charge is -2.37. The number of methoxy groups -OCH3 is 1.